The van der Waals surface area contributed by atoms with E-state index in [0.29, 0.717) is 42.7 Å². The van der Waals surface area contributed by atoms with Crippen LogP contribution in [0.4, 0.5) is 0 Å². The Balaban J connectivity index is 1.50. The van der Waals surface area contributed by atoms with Crippen LogP contribution in [0.3, 0.4) is 0 Å². The van der Waals surface area contributed by atoms with Crippen LogP contribution in [-0.2, 0) is 56.0 Å². The lowest BCUT2D eigenvalue weighted by atomic mass is 10.0. The van der Waals surface area contributed by atoms with Crippen LogP contribution < -0.4 is 37.6 Å². The summed E-state index contributed by atoms with van der Waals surface area (Å²) in [6.07, 6.45) is 0.175. The van der Waals surface area contributed by atoms with Gasteiger partial charge in [-0.1, -0.05) is 70.2 Å². The van der Waals surface area contributed by atoms with Gasteiger partial charge in [0.25, 0.3) is 0 Å². The van der Waals surface area contributed by atoms with Crippen molar-refractivity contribution in [1.29, 1.82) is 0 Å². The minimum atomic E-state index is -1.72. The molecule has 22 nitrogen and oxygen atoms in total. The maximum atomic E-state index is 14.3. The van der Waals surface area contributed by atoms with Gasteiger partial charge in [0.05, 0.1) is 18.2 Å². The summed E-state index contributed by atoms with van der Waals surface area (Å²) in [4.78, 5) is 126. The number of amides is 8. The number of carboxylic acids is 1. The molecule has 2 saturated heterocycles. The van der Waals surface area contributed by atoms with Gasteiger partial charge in [0.1, 0.15) is 54.1 Å². The first-order chi connectivity index (χ1) is 35.4. The van der Waals surface area contributed by atoms with E-state index < -0.39 is 114 Å². The molecule has 0 aliphatic carbocycles. The number of aliphatic hydroxyl groups is 2. The van der Waals surface area contributed by atoms with E-state index in [4.69, 9.17) is 5.73 Å². The number of hydrogen-bond acceptors (Lipinski definition) is 14. The molecule has 0 unspecified atom stereocenters. The number of hydrogen-bond donors (Lipinski definition) is 11. The van der Waals surface area contributed by atoms with Crippen molar-refractivity contribution in [3.63, 3.8) is 0 Å². The third-order valence-corrected chi connectivity index (χ3v) is 13.9. The van der Waals surface area contributed by atoms with E-state index in [2.05, 4.69) is 31.9 Å². The first kappa shape index (κ1) is 61.2. The van der Waals surface area contributed by atoms with Crippen molar-refractivity contribution in [1.82, 2.24) is 41.7 Å². The van der Waals surface area contributed by atoms with Crippen LogP contribution in [-0.4, -0.2) is 175 Å². The number of phenols is 1. The Hall–Kier alpha value is -6.30. The number of aliphatic carboxylic acids is 1. The van der Waals surface area contributed by atoms with E-state index >= 15 is 0 Å². The summed E-state index contributed by atoms with van der Waals surface area (Å²) in [5.41, 5.74) is 7.24. The number of phenolic OH excluding ortho intramolecular Hbond substituents is 1. The largest absolute Gasteiger partial charge is 0.508 e. The van der Waals surface area contributed by atoms with E-state index in [9.17, 15) is 63.6 Å². The summed E-state index contributed by atoms with van der Waals surface area (Å²) in [6, 6.07) is 2.82. The number of thioether (sulfide) groups is 1. The summed E-state index contributed by atoms with van der Waals surface area (Å²) < 4.78 is 0. The molecule has 0 spiro atoms. The highest BCUT2D eigenvalue weighted by Crippen LogP contribution is 2.26. The fourth-order valence-corrected chi connectivity index (χ4v) is 9.45. The number of nitrogens with one attached hydrogen (secondary N) is 6. The number of nitrogens with zero attached hydrogens (tertiary/aromatic N) is 2. The maximum Gasteiger partial charge on any atom is 0.326 e. The maximum absolute atomic E-state index is 14.3. The standard InChI is InChI=1S/C52H77N9O13S/c1-28(2)25-36(45(66)54-35(21-24-75-7)44(65)57-38(52(73)74)27-33-17-19-34(64)20-18-33)55-48(69)42(30(5)62)58-46(67)37(26-32-13-9-8-10-14-32)56-49(70)43(31(6)63)59-47(68)39-15-11-22-60(39)50(71)40-16-12-23-61(40)51(72)41(53)29(3)4/h8-10,13-14,17-20,28-31,35-43,62-64H,11-12,15-16,21-27,53H2,1-7H3,(H,54,66)(H,55,69)(H,56,70)(H,57,65)(H,58,67)(H,59,68)(H,73,74)/t30-,31-,35+,36+,37+,38+,39+,40+,41+,42+,43+/m1/s1. The third-order valence-electron chi connectivity index (χ3n) is 13.3. The molecule has 414 valence electrons. The van der Waals surface area contributed by atoms with E-state index in [-0.39, 0.29) is 62.1 Å². The quantitative estimate of drug-likeness (QED) is 0.0547. The van der Waals surface area contributed by atoms with E-state index in [1.54, 1.807) is 50.4 Å². The molecule has 11 atom stereocenters. The molecule has 2 aromatic carbocycles. The SMILES string of the molecule is CSCC[C@H](NC(=O)[C@H](CC(C)C)NC(=O)[C@@H](NC(=O)[C@H](Cc1ccccc1)NC(=O)[C@@H](NC(=O)[C@@H]1CCCN1C(=O)[C@@H]1CCCN1C(=O)[C@@H](N)C(C)C)[C@@H](C)O)[C@@H](C)O)C(=O)N[C@@H](Cc1ccc(O)cc1)C(=O)O. The number of carboxylic acid groups (broad SMARTS) is 1. The normalized spacial score (nSPS) is 19.1. The molecule has 4 rings (SSSR count). The number of nitrogens with two attached hydrogens (primary N) is 1. The first-order valence-electron chi connectivity index (χ1n) is 25.5. The second-order valence-electron chi connectivity index (χ2n) is 20.2. The van der Waals surface area contributed by atoms with Gasteiger partial charge in [0.15, 0.2) is 0 Å². The van der Waals surface area contributed by atoms with Crippen LogP contribution in [0.25, 0.3) is 0 Å². The Morgan fingerprint density at radius 3 is 1.68 bits per heavy atom. The van der Waals surface area contributed by atoms with Crippen LogP contribution in [0.15, 0.2) is 54.6 Å². The highest BCUT2D eigenvalue weighted by Gasteiger charge is 2.44. The predicted molar refractivity (Wildman–Crippen MR) is 279 cm³/mol. The average Bonchev–Trinajstić information content (AvgIpc) is 4.07. The van der Waals surface area contributed by atoms with Crippen molar-refractivity contribution in [3.05, 3.63) is 65.7 Å². The van der Waals surface area contributed by atoms with Crippen LogP contribution in [0.1, 0.15) is 91.2 Å². The average molecular weight is 1070 g/mol. The minimum absolute atomic E-state index is 0.0253. The third kappa shape index (κ3) is 17.9. The van der Waals surface area contributed by atoms with Crippen molar-refractivity contribution >= 4 is 65.0 Å². The summed E-state index contributed by atoms with van der Waals surface area (Å²) in [6.45, 7) is 10.2. The van der Waals surface area contributed by atoms with E-state index in [0.717, 1.165) is 0 Å². The van der Waals surface area contributed by atoms with Crippen molar-refractivity contribution in [2.24, 2.45) is 17.6 Å². The van der Waals surface area contributed by atoms with Crippen LogP contribution >= 0.6 is 11.8 Å². The first-order valence-corrected chi connectivity index (χ1v) is 26.9. The van der Waals surface area contributed by atoms with Crippen molar-refractivity contribution in [2.75, 3.05) is 25.1 Å². The molecule has 0 radical (unpaired) electrons. The summed E-state index contributed by atoms with van der Waals surface area (Å²) in [5.74, 6) is -7.40. The van der Waals surface area contributed by atoms with Gasteiger partial charge in [-0.2, -0.15) is 11.8 Å². The van der Waals surface area contributed by atoms with Gasteiger partial charge in [-0.05, 0) is 99.5 Å². The Kier molecular flexibility index (Phi) is 23.8. The molecule has 75 heavy (non-hydrogen) atoms. The molecule has 0 saturated carbocycles. The van der Waals surface area contributed by atoms with Gasteiger partial charge in [-0.3, -0.25) is 38.4 Å². The molecular weight excluding hydrogens is 991 g/mol. The lowest BCUT2D eigenvalue weighted by Gasteiger charge is -2.33. The van der Waals surface area contributed by atoms with Crippen LogP contribution in [0.5, 0.6) is 5.75 Å². The van der Waals surface area contributed by atoms with E-state index in [1.807, 2.05) is 13.8 Å². The Morgan fingerprint density at radius 2 is 1.12 bits per heavy atom. The molecule has 23 heteroatoms. The van der Waals surface area contributed by atoms with Gasteiger partial charge >= 0.3 is 5.97 Å². The number of aromatic hydroxyl groups is 1. The molecule has 8 amide bonds. The van der Waals surface area contributed by atoms with Gasteiger partial charge in [-0.25, -0.2) is 4.79 Å². The minimum Gasteiger partial charge on any atom is -0.508 e. The smallest absolute Gasteiger partial charge is 0.326 e. The zero-order valence-electron chi connectivity index (χ0n) is 43.8. The summed E-state index contributed by atoms with van der Waals surface area (Å²) in [7, 11) is 0. The molecule has 2 aliphatic rings. The number of rotatable bonds is 27. The van der Waals surface area contributed by atoms with Gasteiger partial charge in [-0.15, -0.1) is 0 Å². The predicted octanol–water partition coefficient (Wildman–Crippen LogP) is -0.303. The number of carbonyl (C=O) groups excluding carboxylic acids is 8. The lowest BCUT2D eigenvalue weighted by molar-refractivity contribution is -0.148. The number of benzene rings is 2. The van der Waals surface area contributed by atoms with Crippen molar-refractivity contribution < 1.29 is 63.6 Å². The molecule has 0 aromatic heterocycles. The summed E-state index contributed by atoms with van der Waals surface area (Å²) >= 11 is 1.38. The second-order valence-corrected chi connectivity index (χ2v) is 21.1. The summed E-state index contributed by atoms with van der Waals surface area (Å²) in [5, 5.41) is 56.8. The molecule has 0 bridgehead atoms. The molecular formula is C52H77N9O13S. The Morgan fingerprint density at radius 1 is 0.627 bits per heavy atom. The monoisotopic (exact) mass is 1070 g/mol. The highest BCUT2D eigenvalue weighted by molar-refractivity contribution is 7.98. The van der Waals surface area contributed by atoms with Crippen molar-refractivity contribution in [3.8, 4) is 5.75 Å². The second kappa shape index (κ2) is 29.1. The molecule has 2 heterocycles. The van der Waals surface area contributed by atoms with Crippen LogP contribution in [0.2, 0.25) is 0 Å². The van der Waals surface area contributed by atoms with Gasteiger partial charge in [0, 0.05) is 25.9 Å². The lowest BCUT2D eigenvalue weighted by Crippen LogP contribution is -2.63. The Labute approximate surface area is 442 Å². The van der Waals surface area contributed by atoms with Gasteiger partial charge in [0.2, 0.25) is 47.3 Å². The van der Waals surface area contributed by atoms with Crippen molar-refractivity contribution in [2.45, 2.75) is 159 Å². The molecule has 2 aromatic rings. The molecule has 2 fully saturated rings. The zero-order valence-corrected chi connectivity index (χ0v) is 44.6. The topological polar surface area (TPSA) is 339 Å². The Bertz CT molecular complexity index is 2290. The zero-order chi connectivity index (χ0) is 55.7. The molecule has 2 aliphatic heterocycles. The molecule has 12 N–H and O–H groups in total. The van der Waals surface area contributed by atoms with Gasteiger partial charge < -0.3 is 67.9 Å². The number of aliphatic hydroxyl groups excluding tert-OH is 2. The van der Waals surface area contributed by atoms with Crippen LogP contribution in [0, 0.1) is 11.8 Å². The van der Waals surface area contributed by atoms with E-state index in [1.165, 1.54) is 59.7 Å². The highest BCUT2D eigenvalue weighted by atomic mass is 32.2. The number of likely N-dealkylation sites (tertiary alicyclic amines) is 2. The fraction of sp³-hybridized carbons (Fsp3) is 0.596. The fourth-order valence-electron chi connectivity index (χ4n) is 8.97. The number of carbonyl (C=O) groups is 9.